The van der Waals surface area contributed by atoms with Crippen LogP contribution >= 0.6 is 0 Å². The number of fused-ring (bicyclic) bond motifs is 3. The average Bonchev–Trinajstić information content (AvgIpc) is 2.66. The Morgan fingerprint density at radius 1 is 1.27 bits per heavy atom. The number of rotatable bonds is 5. The summed E-state index contributed by atoms with van der Waals surface area (Å²) in [6.07, 6.45) is -1.71. The van der Waals surface area contributed by atoms with E-state index in [2.05, 4.69) is 0 Å². The Hall–Kier alpha value is -2.27. The standard InChI is InChI=1S/C20H30N2O8/c1-9(2)6-10-8-22-5-4-11-13(15(24)17(29-3)16(25)14(11)23)20(22,28)7-12(10)30-19(27)18(21)26/h9-10,12,18,23-26,28H,4-8,21H2,1-3H3. The lowest BCUT2D eigenvalue weighted by molar-refractivity contribution is -0.208. The molecular weight excluding hydrogens is 396 g/mol. The van der Waals surface area contributed by atoms with E-state index in [0.29, 0.717) is 19.5 Å². The number of aliphatic hydroxyl groups is 2. The van der Waals surface area contributed by atoms with Crippen molar-refractivity contribution in [3.05, 3.63) is 11.1 Å². The summed E-state index contributed by atoms with van der Waals surface area (Å²) in [5.74, 6) is -2.76. The van der Waals surface area contributed by atoms with Crippen molar-refractivity contribution in [2.45, 2.75) is 51.2 Å². The molecule has 3 rings (SSSR count). The van der Waals surface area contributed by atoms with Crippen molar-refractivity contribution in [1.82, 2.24) is 4.90 Å². The van der Waals surface area contributed by atoms with Crippen LogP contribution in [0.25, 0.3) is 0 Å². The lowest BCUT2D eigenvalue weighted by Gasteiger charge is -2.52. The quantitative estimate of drug-likeness (QED) is 0.164. The van der Waals surface area contributed by atoms with Crippen LogP contribution in [-0.2, 0) is 21.7 Å². The second kappa shape index (κ2) is 8.10. The zero-order chi connectivity index (χ0) is 22.4. The molecule has 4 atom stereocenters. The number of piperidine rings is 1. The molecule has 7 N–H and O–H groups in total. The summed E-state index contributed by atoms with van der Waals surface area (Å²) in [5.41, 5.74) is 3.66. The molecule has 4 unspecified atom stereocenters. The number of phenolic OH excluding ortho intramolecular Hbond substituents is 3. The van der Waals surface area contributed by atoms with Gasteiger partial charge in [0.2, 0.25) is 17.7 Å². The fourth-order valence-corrected chi connectivity index (χ4v) is 4.71. The summed E-state index contributed by atoms with van der Waals surface area (Å²) in [6.45, 7) is 4.77. The summed E-state index contributed by atoms with van der Waals surface area (Å²) in [5, 5.41) is 52.4. The highest BCUT2D eigenvalue weighted by Crippen LogP contribution is 2.56. The van der Waals surface area contributed by atoms with Gasteiger partial charge in [0.05, 0.1) is 12.7 Å². The van der Waals surface area contributed by atoms with E-state index < -0.39 is 41.3 Å². The van der Waals surface area contributed by atoms with Gasteiger partial charge in [0.25, 0.3) is 0 Å². The number of nitrogens with zero attached hydrogens (tertiary/aromatic N) is 1. The van der Waals surface area contributed by atoms with Gasteiger partial charge in [-0.2, -0.15) is 0 Å². The third kappa shape index (κ3) is 3.64. The SMILES string of the molecule is COc1c(O)c(O)c2c(c1O)C1(O)CC(OC(=O)C(N)O)C(CC(C)C)CN1CC2. The molecule has 0 aliphatic carbocycles. The lowest BCUT2D eigenvalue weighted by atomic mass is 9.76. The Morgan fingerprint density at radius 3 is 2.50 bits per heavy atom. The number of hydrogen-bond acceptors (Lipinski definition) is 10. The second-order valence-electron chi connectivity index (χ2n) is 8.46. The molecule has 1 aromatic rings. The van der Waals surface area contributed by atoms with E-state index in [4.69, 9.17) is 15.2 Å². The van der Waals surface area contributed by atoms with E-state index in [1.807, 2.05) is 13.8 Å². The fraction of sp³-hybridized carbons (Fsp3) is 0.650. The van der Waals surface area contributed by atoms with Crippen LogP contribution in [0.5, 0.6) is 23.0 Å². The maximum absolute atomic E-state index is 12.0. The molecule has 168 valence electrons. The number of carbonyl (C=O) groups excluding carboxylic acids is 1. The molecule has 0 aromatic heterocycles. The van der Waals surface area contributed by atoms with Gasteiger partial charge in [-0.15, -0.1) is 0 Å². The van der Waals surface area contributed by atoms with Crippen molar-refractivity contribution in [1.29, 1.82) is 0 Å². The second-order valence-corrected chi connectivity index (χ2v) is 8.46. The monoisotopic (exact) mass is 426 g/mol. The van der Waals surface area contributed by atoms with Gasteiger partial charge in [-0.1, -0.05) is 13.8 Å². The van der Waals surface area contributed by atoms with Gasteiger partial charge in [-0.3, -0.25) is 10.6 Å². The zero-order valence-electron chi connectivity index (χ0n) is 17.3. The van der Waals surface area contributed by atoms with Crippen molar-refractivity contribution in [3.8, 4) is 23.0 Å². The summed E-state index contributed by atoms with van der Waals surface area (Å²) in [7, 11) is 1.22. The number of hydrogen-bond donors (Lipinski definition) is 6. The number of aromatic hydroxyl groups is 3. The molecule has 1 aromatic carbocycles. The van der Waals surface area contributed by atoms with E-state index in [0.717, 1.165) is 0 Å². The minimum atomic E-state index is -1.80. The zero-order valence-corrected chi connectivity index (χ0v) is 17.3. The van der Waals surface area contributed by atoms with Gasteiger partial charge >= 0.3 is 5.97 Å². The molecule has 0 bridgehead atoms. The predicted molar refractivity (Wildman–Crippen MR) is 105 cm³/mol. The average molecular weight is 426 g/mol. The summed E-state index contributed by atoms with van der Waals surface area (Å²) >= 11 is 0. The molecule has 0 radical (unpaired) electrons. The molecule has 0 spiro atoms. The Morgan fingerprint density at radius 2 is 1.93 bits per heavy atom. The maximum Gasteiger partial charge on any atom is 0.350 e. The van der Waals surface area contributed by atoms with Crippen LogP contribution in [0.4, 0.5) is 0 Å². The smallest absolute Gasteiger partial charge is 0.350 e. The van der Waals surface area contributed by atoms with Crippen LogP contribution in [0.1, 0.15) is 37.8 Å². The Kier molecular flexibility index (Phi) is 6.06. The highest BCUT2D eigenvalue weighted by atomic mass is 16.6. The lowest BCUT2D eigenvalue weighted by Crippen LogP contribution is -2.60. The Balaban J connectivity index is 2.08. The van der Waals surface area contributed by atoms with Gasteiger partial charge in [-0.25, -0.2) is 4.79 Å². The molecule has 2 aliphatic heterocycles. The fourth-order valence-electron chi connectivity index (χ4n) is 4.71. The molecule has 0 amide bonds. The topological polar surface area (TPSA) is 166 Å². The van der Waals surface area contributed by atoms with Gasteiger partial charge in [0, 0.05) is 31.0 Å². The first kappa shape index (κ1) is 22.4. The van der Waals surface area contributed by atoms with Crippen LogP contribution in [0, 0.1) is 11.8 Å². The predicted octanol–water partition coefficient (Wildman–Crippen LogP) is 0.0701. The molecule has 2 heterocycles. The molecule has 2 aliphatic rings. The van der Waals surface area contributed by atoms with Crippen LogP contribution < -0.4 is 10.5 Å². The highest BCUT2D eigenvalue weighted by molar-refractivity contribution is 5.73. The summed E-state index contributed by atoms with van der Waals surface area (Å²) in [6, 6.07) is 0. The van der Waals surface area contributed by atoms with E-state index in [9.17, 15) is 30.3 Å². The van der Waals surface area contributed by atoms with Crippen molar-refractivity contribution in [3.63, 3.8) is 0 Å². The maximum atomic E-state index is 12.0. The summed E-state index contributed by atoms with van der Waals surface area (Å²) in [4.78, 5) is 13.7. The van der Waals surface area contributed by atoms with E-state index in [1.54, 1.807) is 4.90 Å². The van der Waals surface area contributed by atoms with E-state index >= 15 is 0 Å². The van der Waals surface area contributed by atoms with Gasteiger partial charge in [-0.05, 0) is 18.8 Å². The number of ether oxygens (including phenoxy) is 2. The van der Waals surface area contributed by atoms with Crippen molar-refractivity contribution in [2.75, 3.05) is 20.2 Å². The number of benzene rings is 1. The first-order valence-electron chi connectivity index (χ1n) is 9.97. The Labute approximate surface area is 174 Å². The number of nitrogens with two attached hydrogens (primary N) is 1. The first-order chi connectivity index (χ1) is 14.0. The molecule has 0 saturated carbocycles. The van der Waals surface area contributed by atoms with Gasteiger partial charge in [0.1, 0.15) is 6.10 Å². The summed E-state index contributed by atoms with van der Waals surface area (Å²) < 4.78 is 10.4. The highest BCUT2D eigenvalue weighted by Gasteiger charge is 2.53. The third-order valence-corrected chi connectivity index (χ3v) is 5.99. The van der Waals surface area contributed by atoms with Gasteiger partial charge < -0.3 is 35.0 Å². The largest absolute Gasteiger partial charge is 0.504 e. The number of carbonyl (C=O) groups is 1. The van der Waals surface area contributed by atoms with Gasteiger partial charge in [0.15, 0.2) is 17.2 Å². The molecule has 1 saturated heterocycles. The molecule has 1 fully saturated rings. The minimum absolute atomic E-state index is 0.0123. The van der Waals surface area contributed by atoms with Crippen LogP contribution in [-0.4, -0.2) is 68.9 Å². The molecular formula is C20H30N2O8. The van der Waals surface area contributed by atoms with E-state index in [-0.39, 0.29) is 41.6 Å². The molecule has 10 heteroatoms. The van der Waals surface area contributed by atoms with Crippen molar-refractivity contribution in [2.24, 2.45) is 17.6 Å². The number of esters is 1. The van der Waals surface area contributed by atoms with Crippen LogP contribution in [0.2, 0.25) is 0 Å². The molecule has 10 nitrogen and oxygen atoms in total. The molecule has 30 heavy (non-hydrogen) atoms. The normalized spacial score (nSPS) is 27.3. The van der Waals surface area contributed by atoms with Crippen LogP contribution in [0.15, 0.2) is 0 Å². The van der Waals surface area contributed by atoms with E-state index in [1.165, 1.54) is 7.11 Å². The van der Waals surface area contributed by atoms with Crippen LogP contribution in [0.3, 0.4) is 0 Å². The first-order valence-corrected chi connectivity index (χ1v) is 9.97. The third-order valence-electron chi connectivity index (χ3n) is 5.99. The minimum Gasteiger partial charge on any atom is -0.504 e. The number of aliphatic hydroxyl groups excluding tert-OH is 1. The Bertz CT molecular complexity index is 828. The van der Waals surface area contributed by atoms with Crippen molar-refractivity contribution < 1.29 is 39.8 Å². The number of methoxy groups -OCH3 is 1. The van der Waals surface area contributed by atoms with Crippen molar-refractivity contribution >= 4 is 5.97 Å². The number of phenols is 3.